The molecule has 3 nitrogen and oxygen atoms in total. The van der Waals surface area contributed by atoms with Gasteiger partial charge in [0.1, 0.15) is 0 Å². The maximum absolute atomic E-state index is 5.51. The molecule has 45 heavy (non-hydrogen) atoms. The molecule has 1 aliphatic heterocycles. The first-order chi connectivity index (χ1) is 22.0. The summed E-state index contributed by atoms with van der Waals surface area (Å²) in [5.41, 5.74) is 14.8. The number of benzene rings is 6. The quantitative estimate of drug-likeness (QED) is 0.204. The lowest BCUT2D eigenvalue weighted by Gasteiger charge is -2.35. The third-order valence-electron chi connectivity index (χ3n) is 10.0. The summed E-state index contributed by atoms with van der Waals surface area (Å²) in [7, 11) is 2.17. The summed E-state index contributed by atoms with van der Waals surface area (Å²) in [4.78, 5) is 7.83. The standard InChI is InChI=1S/C42H33N3/c1-42(2)35-18-10-7-15-30(35)34-25-28(22-24-36(34)42)29-21-23-32-31-16-8-12-20-38(31)45(39(32)26-29)41-43-40(27-13-5-4-6-14-27)33-17-9-11-19-37(33)44(41)3/h4-26,41H,1-3H3. The van der Waals surface area contributed by atoms with Crippen molar-refractivity contribution >= 4 is 33.2 Å². The lowest BCUT2D eigenvalue weighted by Crippen LogP contribution is -2.33. The number of rotatable bonds is 3. The van der Waals surface area contributed by atoms with E-state index in [0.717, 1.165) is 16.8 Å². The molecular weight excluding hydrogens is 546 g/mol. The van der Waals surface area contributed by atoms with Gasteiger partial charge in [0.2, 0.25) is 6.29 Å². The number of fused-ring (bicyclic) bond motifs is 7. The van der Waals surface area contributed by atoms with Crippen LogP contribution in [-0.4, -0.2) is 17.3 Å². The van der Waals surface area contributed by atoms with Gasteiger partial charge in [-0.05, 0) is 57.6 Å². The molecule has 1 unspecified atom stereocenters. The molecule has 0 saturated carbocycles. The van der Waals surface area contributed by atoms with E-state index in [-0.39, 0.29) is 11.7 Å². The fourth-order valence-corrected chi connectivity index (χ4v) is 7.76. The minimum absolute atomic E-state index is 0.00282. The number of hydrogen-bond donors (Lipinski definition) is 0. The highest BCUT2D eigenvalue weighted by Crippen LogP contribution is 2.50. The van der Waals surface area contributed by atoms with Crippen LogP contribution in [0.15, 0.2) is 145 Å². The molecule has 2 heterocycles. The average Bonchev–Trinajstić information content (AvgIpc) is 3.53. The molecule has 3 heteroatoms. The Morgan fingerprint density at radius 2 is 1.18 bits per heavy atom. The molecule has 0 saturated heterocycles. The largest absolute Gasteiger partial charge is 0.335 e. The summed E-state index contributed by atoms with van der Waals surface area (Å²) in [5, 5.41) is 2.48. The molecule has 0 radical (unpaired) electrons. The molecule has 0 fully saturated rings. The van der Waals surface area contributed by atoms with Crippen LogP contribution in [0, 0.1) is 0 Å². The van der Waals surface area contributed by atoms with E-state index in [1.165, 1.54) is 60.9 Å². The number of nitrogens with zero attached hydrogens (tertiary/aromatic N) is 3. The molecule has 2 aliphatic rings. The molecule has 0 bridgehead atoms. The van der Waals surface area contributed by atoms with Gasteiger partial charge in [-0.1, -0.05) is 129 Å². The van der Waals surface area contributed by atoms with Crippen LogP contribution in [0.5, 0.6) is 0 Å². The fourth-order valence-electron chi connectivity index (χ4n) is 7.76. The summed E-state index contributed by atoms with van der Waals surface area (Å²) in [6.45, 7) is 4.68. The molecule has 1 atom stereocenters. The monoisotopic (exact) mass is 579 g/mol. The first-order valence-corrected chi connectivity index (χ1v) is 15.7. The van der Waals surface area contributed by atoms with Crippen LogP contribution in [0.3, 0.4) is 0 Å². The van der Waals surface area contributed by atoms with Gasteiger partial charge in [0, 0.05) is 40.0 Å². The number of aromatic nitrogens is 1. The van der Waals surface area contributed by atoms with Gasteiger partial charge >= 0.3 is 0 Å². The van der Waals surface area contributed by atoms with Gasteiger partial charge in [-0.15, -0.1) is 0 Å². The second-order valence-corrected chi connectivity index (χ2v) is 12.9. The van der Waals surface area contributed by atoms with E-state index >= 15 is 0 Å². The zero-order valence-corrected chi connectivity index (χ0v) is 25.7. The number of anilines is 1. The van der Waals surface area contributed by atoms with E-state index in [0.29, 0.717) is 0 Å². The topological polar surface area (TPSA) is 20.5 Å². The van der Waals surface area contributed by atoms with Crippen LogP contribution in [0.25, 0.3) is 44.1 Å². The van der Waals surface area contributed by atoms with Crippen LogP contribution in [-0.2, 0) is 5.41 Å². The Morgan fingerprint density at radius 1 is 0.533 bits per heavy atom. The van der Waals surface area contributed by atoms with Crippen molar-refractivity contribution < 1.29 is 0 Å². The number of aliphatic imine (C=N–C) groups is 1. The van der Waals surface area contributed by atoms with Gasteiger partial charge in [0.15, 0.2) is 0 Å². The Kier molecular flexibility index (Phi) is 5.52. The van der Waals surface area contributed by atoms with E-state index in [4.69, 9.17) is 4.99 Å². The minimum atomic E-state index is -0.250. The predicted molar refractivity (Wildman–Crippen MR) is 188 cm³/mol. The van der Waals surface area contributed by atoms with E-state index < -0.39 is 0 Å². The molecule has 7 aromatic rings. The first-order valence-electron chi connectivity index (χ1n) is 15.7. The van der Waals surface area contributed by atoms with Crippen molar-refractivity contribution in [2.75, 3.05) is 11.9 Å². The van der Waals surface area contributed by atoms with E-state index in [1.54, 1.807) is 0 Å². The average molecular weight is 580 g/mol. The van der Waals surface area contributed by atoms with Crippen LogP contribution in [0.2, 0.25) is 0 Å². The second-order valence-electron chi connectivity index (χ2n) is 12.9. The Hall–Kier alpha value is -5.41. The van der Waals surface area contributed by atoms with Gasteiger partial charge < -0.3 is 9.47 Å². The highest BCUT2D eigenvalue weighted by Gasteiger charge is 2.35. The SMILES string of the molecule is CN1c2ccccc2C(c2ccccc2)=NC1n1c2ccccc2c2ccc(-c3ccc4c(c3)-c3ccccc3C4(C)C)cc21. The van der Waals surface area contributed by atoms with Gasteiger partial charge in [0.05, 0.1) is 16.7 Å². The van der Waals surface area contributed by atoms with E-state index in [9.17, 15) is 0 Å². The normalized spacial score (nSPS) is 16.4. The Bertz CT molecular complexity index is 2320. The van der Waals surface area contributed by atoms with E-state index in [1.807, 2.05) is 0 Å². The maximum atomic E-state index is 5.51. The van der Waals surface area contributed by atoms with Gasteiger partial charge in [-0.3, -0.25) is 0 Å². The Balaban J connectivity index is 1.26. The first kappa shape index (κ1) is 26.0. The summed E-state index contributed by atoms with van der Waals surface area (Å²) >= 11 is 0. The fraction of sp³-hybridized carbons (Fsp3) is 0.119. The highest BCUT2D eigenvalue weighted by atomic mass is 15.4. The highest BCUT2D eigenvalue weighted by molar-refractivity contribution is 6.17. The zero-order chi connectivity index (χ0) is 30.3. The van der Waals surface area contributed by atoms with Crippen molar-refractivity contribution in [2.24, 2.45) is 4.99 Å². The smallest absolute Gasteiger partial charge is 0.203 e. The summed E-state index contributed by atoms with van der Waals surface area (Å²) in [5.74, 6) is 0. The molecule has 0 N–H and O–H groups in total. The number of para-hydroxylation sites is 2. The summed E-state index contributed by atoms with van der Waals surface area (Å²) in [6.07, 6.45) is -0.250. The Labute approximate surface area is 263 Å². The maximum Gasteiger partial charge on any atom is 0.203 e. The van der Waals surface area contributed by atoms with Crippen molar-refractivity contribution in [1.82, 2.24) is 4.57 Å². The molecule has 6 aromatic carbocycles. The van der Waals surface area contributed by atoms with E-state index in [2.05, 4.69) is 170 Å². The van der Waals surface area contributed by atoms with Gasteiger partial charge in [0.25, 0.3) is 0 Å². The van der Waals surface area contributed by atoms with Crippen LogP contribution in [0.4, 0.5) is 5.69 Å². The lowest BCUT2D eigenvalue weighted by molar-refractivity contribution is 0.540. The molecule has 0 spiro atoms. The second kappa shape index (κ2) is 9.54. The zero-order valence-electron chi connectivity index (χ0n) is 25.7. The molecule has 1 aromatic heterocycles. The third-order valence-corrected chi connectivity index (χ3v) is 10.0. The van der Waals surface area contributed by atoms with Gasteiger partial charge in [-0.25, -0.2) is 4.99 Å². The number of hydrogen-bond acceptors (Lipinski definition) is 2. The predicted octanol–water partition coefficient (Wildman–Crippen LogP) is 10.2. The molecule has 216 valence electrons. The third kappa shape index (κ3) is 3.74. The Morgan fingerprint density at radius 3 is 2.04 bits per heavy atom. The molecule has 0 amide bonds. The lowest BCUT2D eigenvalue weighted by atomic mass is 9.82. The van der Waals surface area contributed by atoms with Crippen molar-refractivity contribution in [3.63, 3.8) is 0 Å². The molecular formula is C42H33N3. The van der Waals surface area contributed by atoms with Crippen LogP contribution < -0.4 is 4.90 Å². The summed E-state index contributed by atoms with van der Waals surface area (Å²) in [6, 6.07) is 50.8. The van der Waals surface area contributed by atoms with Crippen molar-refractivity contribution in [1.29, 1.82) is 0 Å². The van der Waals surface area contributed by atoms with Crippen molar-refractivity contribution in [3.05, 3.63) is 162 Å². The minimum Gasteiger partial charge on any atom is -0.335 e. The summed E-state index contributed by atoms with van der Waals surface area (Å²) < 4.78 is 2.43. The van der Waals surface area contributed by atoms with Crippen LogP contribution >= 0.6 is 0 Å². The van der Waals surface area contributed by atoms with Crippen LogP contribution in [0.1, 0.15) is 42.4 Å². The molecule has 9 rings (SSSR count). The van der Waals surface area contributed by atoms with Crippen molar-refractivity contribution in [2.45, 2.75) is 25.6 Å². The van der Waals surface area contributed by atoms with Crippen molar-refractivity contribution in [3.8, 4) is 22.3 Å². The van der Waals surface area contributed by atoms with Gasteiger partial charge in [-0.2, -0.15) is 0 Å². The molecule has 1 aliphatic carbocycles.